The lowest BCUT2D eigenvalue weighted by molar-refractivity contribution is 0.257. The minimum absolute atomic E-state index is 0.00618. The molecule has 0 bridgehead atoms. The van der Waals surface area contributed by atoms with Crippen LogP contribution in [-0.2, 0) is 16.4 Å². The molecule has 4 nitrogen and oxygen atoms in total. The van der Waals surface area contributed by atoms with Gasteiger partial charge in [-0.3, -0.25) is 4.31 Å². The van der Waals surface area contributed by atoms with E-state index in [0.717, 1.165) is 43.6 Å². The molecule has 2 aromatic rings. The summed E-state index contributed by atoms with van der Waals surface area (Å²) in [5.74, 6) is 0. The highest BCUT2D eigenvalue weighted by molar-refractivity contribution is 7.96. The average molecular weight is 383 g/mol. The monoisotopic (exact) mass is 382 g/mol. The van der Waals surface area contributed by atoms with Gasteiger partial charge in [-0.25, -0.2) is 8.42 Å². The third-order valence-corrected chi connectivity index (χ3v) is 7.64. The van der Waals surface area contributed by atoms with Crippen LogP contribution in [0, 0.1) is 0 Å². The summed E-state index contributed by atoms with van der Waals surface area (Å²) in [6.07, 6.45) is 4.93. The number of rotatable bonds is 4. The van der Waals surface area contributed by atoms with Crippen molar-refractivity contribution in [2.75, 3.05) is 24.4 Å². The van der Waals surface area contributed by atoms with Crippen molar-refractivity contribution in [2.24, 2.45) is 0 Å². The topological polar surface area (TPSA) is 40.6 Å². The van der Waals surface area contributed by atoms with Gasteiger partial charge in [-0.05, 0) is 75.2 Å². The molecule has 1 saturated heterocycles. The van der Waals surface area contributed by atoms with E-state index >= 15 is 0 Å². The molecule has 5 heteroatoms. The molecule has 0 saturated carbocycles. The second kappa shape index (κ2) is 7.49. The molecule has 27 heavy (non-hydrogen) atoms. The van der Waals surface area contributed by atoms with E-state index in [-0.39, 0.29) is 6.04 Å². The van der Waals surface area contributed by atoms with Gasteiger partial charge in [0, 0.05) is 6.04 Å². The third-order valence-electron chi connectivity index (χ3n) is 5.63. The van der Waals surface area contributed by atoms with Crippen LogP contribution in [0.3, 0.4) is 0 Å². The fourth-order valence-corrected chi connectivity index (χ4v) is 5.98. The Morgan fingerprint density at radius 2 is 1.59 bits per heavy atom. The molecule has 0 amide bonds. The van der Waals surface area contributed by atoms with Crippen LogP contribution >= 0.6 is 0 Å². The molecule has 4 rings (SSSR count). The van der Waals surface area contributed by atoms with Crippen molar-refractivity contribution in [2.45, 2.75) is 31.7 Å². The van der Waals surface area contributed by atoms with Gasteiger partial charge in [-0.2, -0.15) is 0 Å². The van der Waals surface area contributed by atoms with Crippen molar-refractivity contribution in [3.63, 3.8) is 0 Å². The smallest absolute Gasteiger partial charge is 0.260 e. The van der Waals surface area contributed by atoms with Crippen molar-refractivity contribution >= 4 is 21.8 Å². The van der Waals surface area contributed by atoms with Gasteiger partial charge in [-0.1, -0.05) is 42.5 Å². The molecular weight excluding hydrogens is 356 g/mol. The van der Waals surface area contributed by atoms with Gasteiger partial charge in [0.25, 0.3) is 10.0 Å². The lowest BCUT2D eigenvalue weighted by Crippen LogP contribution is -2.47. The molecule has 0 spiro atoms. The van der Waals surface area contributed by atoms with Crippen molar-refractivity contribution in [3.05, 3.63) is 70.6 Å². The van der Waals surface area contributed by atoms with E-state index in [4.69, 9.17) is 0 Å². The highest BCUT2D eigenvalue weighted by Crippen LogP contribution is 2.34. The molecule has 0 radical (unpaired) electrons. The van der Waals surface area contributed by atoms with Crippen LogP contribution in [0.25, 0.3) is 6.08 Å². The highest BCUT2D eigenvalue weighted by atomic mass is 32.2. The van der Waals surface area contributed by atoms with E-state index in [9.17, 15) is 8.42 Å². The molecule has 1 aliphatic carbocycles. The normalized spacial score (nSPS) is 18.6. The molecule has 1 fully saturated rings. The van der Waals surface area contributed by atoms with Gasteiger partial charge in [0.05, 0.1) is 10.6 Å². The van der Waals surface area contributed by atoms with Crippen LogP contribution in [0.1, 0.15) is 30.4 Å². The summed E-state index contributed by atoms with van der Waals surface area (Å²) < 4.78 is 29.1. The largest absolute Gasteiger partial charge is 0.306 e. The molecule has 2 aliphatic rings. The van der Waals surface area contributed by atoms with E-state index < -0.39 is 10.0 Å². The standard InChI is InChI=1S/C22H26N2O2S/c1-23-15-13-21(14-16-23)24(20-9-3-2-4-10-20)27(25,26)22-12-11-18-7-5-6-8-19(18)17-22/h2-10,17,21H,11-16H2,1H3. The second-order valence-corrected chi connectivity index (χ2v) is 9.35. The number of nitrogens with zero attached hydrogens (tertiary/aromatic N) is 2. The van der Waals surface area contributed by atoms with E-state index in [1.807, 2.05) is 54.6 Å². The number of allylic oxidation sites excluding steroid dienone is 1. The van der Waals surface area contributed by atoms with E-state index in [2.05, 4.69) is 18.0 Å². The van der Waals surface area contributed by atoms with E-state index in [1.54, 1.807) is 4.31 Å². The van der Waals surface area contributed by atoms with E-state index in [1.165, 1.54) is 5.56 Å². The van der Waals surface area contributed by atoms with Crippen LogP contribution in [0.15, 0.2) is 59.5 Å². The Morgan fingerprint density at radius 3 is 2.33 bits per heavy atom. The molecule has 1 heterocycles. The average Bonchev–Trinajstić information content (AvgIpc) is 2.70. The number of likely N-dealkylation sites (tertiary alicyclic amines) is 1. The number of hydrogen-bond donors (Lipinski definition) is 0. The zero-order valence-electron chi connectivity index (χ0n) is 15.7. The molecule has 0 N–H and O–H groups in total. The quantitative estimate of drug-likeness (QED) is 0.805. The fourth-order valence-electron chi connectivity index (χ4n) is 4.09. The maximum atomic E-state index is 13.7. The van der Waals surface area contributed by atoms with Crippen LogP contribution in [0.4, 0.5) is 5.69 Å². The summed E-state index contributed by atoms with van der Waals surface area (Å²) >= 11 is 0. The zero-order chi connectivity index (χ0) is 18.9. The summed E-state index contributed by atoms with van der Waals surface area (Å²) in [5, 5.41) is 0. The first-order chi connectivity index (χ1) is 13.1. The van der Waals surface area contributed by atoms with Gasteiger partial charge >= 0.3 is 0 Å². The first-order valence-corrected chi connectivity index (χ1v) is 11.1. The van der Waals surface area contributed by atoms with Gasteiger partial charge < -0.3 is 4.90 Å². The van der Waals surface area contributed by atoms with Gasteiger partial charge in [0.1, 0.15) is 0 Å². The Balaban J connectivity index is 1.74. The van der Waals surface area contributed by atoms with Crippen molar-refractivity contribution in [3.8, 4) is 0 Å². The SMILES string of the molecule is CN1CCC(N(c2ccccc2)S(=O)(=O)C2=Cc3ccccc3CC2)CC1. The summed E-state index contributed by atoms with van der Waals surface area (Å²) in [4.78, 5) is 2.80. The Hall–Kier alpha value is -2.11. The predicted molar refractivity (Wildman–Crippen MR) is 111 cm³/mol. The zero-order valence-corrected chi connectivity index (χ0v) is 16.5. The molecule has 1 aliphatic heterocycles. The molecule has 0 unspecified atom stereocenters. The summed E-state index contributed by atoms with van der Waals surface area (Å²) in [6.45, 7) is 1.84. The summed E-state index contributed by atoms with van der Waals surface area (Å²) in [5.41, 5.74) is 3.02. The third kappa shape index (κ3) is 3.66. The lowest BCUT2D eigenvalue weighted by Gasteiger charge is -2.38. The molecule has 0 aromatic heterocycles. The van der Waals surface area contributed by atoms with Gasteiger partial charge in [-0.15, -0.1) is 0 Å². The van der Waals surface area contributed by atoms with E-state index in [0.29, 0.717) is 11.3 Å². The number of piperidine rings is 1. The summed E-state index contributed by atoms with van der Waals surface area (Å²) in [6, 6.07) is 17.7. The molecular formula is C22H26N2O2S. The van der Waals surface area contributed by atoms with Crippen molar-refractivity contribution in [1.82, 2.24) is 4.90 Å². The summed E-state index contributed by atoms with van der Waals surface area (Å²) in [7, 11) is -1.47. The van der Waals surface area contributed by atoms with Gasteiger partial charge in [0.2, 0.25) is 0 Å². The van der Waals surface area contributed by atoms with Crippen LogP contribution < -0.4 is 4.31 Å². The lowest BCUT2D eigenvalue weighted by atomic mass is 9.98. The van der Waals surface area contributed by atoms with Crippen molar-refractivity contribution in [1.29, 1.82) is 0 Å². The number of para-hydroxylation sites is 1. The highest BCUT2D eigenvalue weighted by Gasteiger charge is 2.35. The van der Waals surface area contributed by atoms with Crippen LogP contribution in [0.2, 0.25) is 0 Å². The Kier molecular flexibility index (Phi) is 5.06. The van der Waals surface area contributed by atoms with Gasteiger partial charge in [0.15, 0.2) is 0 Å². The minimum Gasteiger partial charge on any atom is -0.306 e. The second-order valence-electron chi connectivity index (χ2n) is 7.48. The number of sulfonamides is 1. The fraction of sp³-hybridized carbons (Fsp3) is 0.364. The Morgan fingerprint density at radius 1 is 0.926 bits per heavy atom. The van der Waals surface area contributed by atoms with Crippen molar-refractivity contribution < 1.29 is 8.42 Å². The number of aryl methyl sites for hydroxylation is 1. The maximum absolute atomic E-state index is 13.7. The molecule has 142 valence electrons. The number of anilines is 1. The molecule has 0 atom stereocenters. The minimum atomic E-state index is -3.56. The maximum Gasteiger partial charge on any atom is 0.260 e. The number of benzene rings is 2. The molecule has 2 aromatic carbocycles. The Labute approximate surface area is 162 Å². The Bertz CT molecular complexity index is 930. The van der Waals surface area contributed by atoms with Crippen LogP contribution in [-0.4, -0.2) is 39.5 Å². The first kappa shape index (κ1) is 18.3. The number of hydrogen-bond acceptors (Lipinski definition) is 3. The van der Waals surface area contributed by atoms with Crippen LogP contribution in [0.5, 0.6) is 0 Å². The number of fused-ring (bicyclic) bond motifs is 1. The first-order valence-electron chi connectivity index (χ1n) is 9.62. The predicted octanol–water partition coefficient (Wildman–Crippen LogP) is 3.90.